The number of nitrogens with zero attached hydrogens (tertiary/aromatic N) is 2. The van der Waals surface area contributed by atoms with Gasteiger partial charge in [0.05, 0.1) is 26.1 Å². The molecule has 3 aliphatic heterocycles. The molecule has 2 bridgehead atoms. The third-order valence-electron chi connectivity index (χ3n) is 13.7. The Morgan fingerprint density at radius 3 is 1.93 bits per heavy atom. The number of unbranched alkanes of at least 4 members (excludes halogenated alkanes) is 1. The summed E-state index contributed by atoms with van der Waals surface area (Å²) in [4.78, 5) is 189. The van der Waals surface area contributed by atoms with Crippen molar-refractivity contribution in [1.29, 1.82) is 0 Å². The molecule has 3 saturated heterocycles. The molecule has 32 nitrogen and oxygen atoms in total. The van der Waals surface area contributed by atoms with E-state index in [1.54, 1.807) is 30.5 Å². The normalized spacial score (nSPS) is 26.0. The number of fused-ring (bicyclic) bond motifs is 10. The fourth-order valence-corrected chi connectivity index (χ4v) is 13.8. The number of carbonyl (C=O) groups excluding carboxylic acids is 12. The summed E-state index contributed by atoms with van der Waals surface area (Å²) in [6, 6.07) is -8.57. The summed E-state index contributed by atoms with van der Waals surface area (Å²) in [5, 5.41) is 46.2. The highest BCUT2D eigenvalue weighted by atomic mass is 33.1. The Bertz CT molecular complexity index is 2870. The van der Waals surface area contributed by atoms with Gasteiger partial charge in [-0.3, -0.25) is 67.3 Å². The average molecular weight is 1290 g/mol. The van der Waals surface area contributed by atoms with Crippen LogP contribution in [0.15, 0.2) is 35.5 Å². The van der Waals surface area contributed by atoms with Gasteiger partial charge in [0.25, 0.3) is 0 Å². The maximum Gasteiger partial charge on any atom is 0.305 e. The van der Waals surface area contributed by atoms with Gasteiger partial charge in [-0.2, -0.15) is 0 Å². The number of guanidine groups is 1. The molecule has 1 aromatic carbocycles. The molecular formula is C51H75N17O15S4. The number of aliphatic hydroxyl groups is 1. The Morgan fingerprint density at radius 1 is 0.690 bits per heavy atom. The number of aliphatic hydroxyl groups excluding tert-OH is 1. The number of amides is 12. The molecule has 87 heavy (non-hydrogen) atoms. The van der Waals surface area contributed by atoms with Gasteiger partial charge in [-0.05, 0) is 43.7 Å². The largest absolute Gasteiger partial charge is 0.481 e. The smallest absolute Gasteiger partial charge is 0.305 e. The van der Waals surface area contributed by atoms with Crippen molar-refractivity contribution in [2.24, 2.45) is 27.9 Å². The summed E-state index contributed by atoms with van der Waals surface area (Å²) >= 11 is 0. The molecule has 4 heterocycles. The second kappa shape index (κ2) is 35.3. The number of hydrogen-bond acceptors (Lipinski definition) is 20. The van der Waals surface area contributed by atoms with Crippen LogP contribution < -0.4 is 76.1 Å². The van der Waals surface area contributed by atoms with Crippen LogP contribution >= 0.6 is 43.2 Å². The maximum atomic E-state index is 15.0. The Balaban J connectivity index is 1.67. The summed E-state index contributed by atoms with van der Waals surface area (Å²) < 4.78 is 0. The Labute approximate surface area is 514 Å². The first kappa shape index (κ1) is 70.2. The van der Waals surface area contributed by atoms with Crippen LogP contribution in [0.25, 0.3) is 10.9 Å². The van der Waals surface area contributed by atoms with Gasteiger partial charge in [0.15, 0.2) is 5.96 Å². The van der Waals surface area contributed by atoms with Gasteiger partial charge < -0.3 is 96.2 Å². The number of carboxylic acids is 1. The standard InChI is InChI=1S/C51H75N17O15S4/c1-2-3-9-28-42(75)58-19-39(71)59-33(41(53)74)21-84-86-24-36-48(81)65-32(20-69)45(78)64-31(16-40(72)73)50(83)68-14-7-12-37(68)49(82)62-29(11-6-13-56-51(54)55)43(76)66-35(23-87-85-22-34(46(79)67-36)60-38(70)17-52)47(80)63-30(44(77)61-28)15-25-18-57-27-10-5-4-8-26(25)27/h4-5,8,10,18,28-37,57,69H,2-3,6-7,9,11-17,19-24,52H2,1H3,(H2,53,74)(H,58,75)(H,59,71)(H,60,70)(H,61,77)(H,62,82)(H,63,80)(H,64,78)(H,65,81)(H,66,76)(H,67,79)(H,72,73)(H4,54,55,56)/t28-,29-,30-,31-,32-,33-,34-,35-,36-,37-/m0/s1. The summed E-state index contributed by atoms with van der Waals surface area (Å²) in [7, 11) is 3.56. The van der Waals surface area contributed by atoms with Crippen LogP contribution in [0.5, 0.6) is 0 Å². The third kappa shape index (κ3) is 22.0. The molecule has 10 atom stereocenters. The van der Waals surface area contributed by atoms with E-state index in [9.17, 15) is 67.7 Å². The van der Waals surface area contributed by atoms with E-state index in [-0.39, 0.29) is 74.8 Å². The highest BCUT2D eigenvalue weighted by Crippen LogP contribution is 2.27. The minimum Gasteiger partial charge on any atom is -0.481 e. The monoisotopic (exact) mass is 1290 g/mol. The van der Waals surface area contributed by atoms with E-state index < -0.39 is 169 Å². The molecule has 3 fully saturated rings. The van der Waals surface area contributed by atoms with E-state index in [0.717, 1.165) is 48.1 Å². The number of H-pyrrole nitrogens is 1. The predicted octanol–water partition coefficient (Wildman–Crippen LogP) is -5.87. The average Bonchev–Trinajstić information content (AvgIpc) is 2.24. The number of primary amides is 1. The molecule has 478 valence electrons. The second-order valence-electron chi connectivity index (χ2n) is 20.3. The van der Waals surface area contributed by atoms with Crippen molar-refractivity contribution >= 4 is 137 Å². The lowest BCUT2D eigenvalue weighted by atomic mass is 10.0. The molecule has 0 aliphatic carbocycles. The molecule has 21 N–H and O–H groups in total. The topological polar surface area (TPSA) is 518 Å². The SMILES string of the molecule is CCCC[C@@H]1NC(=O)[C@H](Cc2c[nH]c3ccccc23)NC(=O)[C@@H]2CSSC[C@H](NC(=O)CN)C(=O)N[C@@H](CSSC[C@@H](C(N)=O)NC(=O)CNC1=O)C(=O)N[C@@H](CO)C(=O)N[C@@H](CC(=O)O)C(=O)N1CCC[C@H]1C(=O)N[C@@H](CCCN=C(N)N)C(=O)N2. The highest BCUT2D eigenvalue weighted by Gasteiger charge is 2.41. The minimum absolute atomic E-state index is 0.00331. The number of hydrogen-bond donors (Lipinski definition) is 17. The van der Waals surface area contributed by atoms with Gasteiger partial charge in [0, 0.05) is 59.6 Å². The Morgan fingerprint density at radius 2 is 1.28 bits per heavy atom. The second-order valence-corrected chi connectivity index (χ2v) is 25.4. The summed E-state index contributed by atoms with van der Waals surface area (Å²) in [6.45, 7) is -0.792. The predicted molar refractivity (Wildman–Crippen MR) is 324 cm³/mol. The van der Waals surface area contributed by atoms with Crippen LogP contribution in [-0.2, 0) is 68.7 Å². The van der Waals surface area contributed by atoms with E-state index in [4.69, 9.17) is 22.9 Å². The molecule has 1 aromatic heterocycles. The van der Waals surface area contributed by atoms with Crippen molar-refractivity contribution in [2.75, 3.05) is 55.8 Å². The summed E-state index contributed by atoms with van der Waals surface area (Å²) in [5.41, 5.74) is 23.6. The van der Waals surface area contributed by atoms with E-state index in [1.807, 2.05) is 6.92 Å². The van der Waals surface area contributed by atoms with Crippen molar-refractivity contribution in [3.63, 3.8) is 0 Å². The van der Waals surface area contributed by atoms with E-state index in [0.29, 0.717) is 29.3 Å². The fourth-order valence-electron chi connectivity index (χ4n) is 9.15. The molecule has 0 saturated carbocycles. The number of nitrogens with one attached hydrogen (secondary N) is 11. The number of aromatic amines is 1. The first-order chi connectivity index (χ1) is 41.5. The van der Waals surface area contributed by atoms with Crippen LogP contribution in [0.1, 0.15) is 63.9 Å². The minimum atomic E-state index is -1.92. The first-order valence-corrected chi connectivity index (χ1v) is 32.7. The number of rotatable bonds is 15. The number of aliphatic imine (C=N–C) groups is 1. The van der Waals surface area contributed by atoms with Gasteiger partial charge in [-0.1, -0.05) is 81.1 Å². The zero-order valence-corrected chi connectivity index (χ0v) is 50.7. The number of benzene rings is 1. The van der Waals surface area contributed by atoms with Crippen molar-refractivity contribution in [3.05, 3.63) is 36.0 Å². The lowest BCUT2D eigenvalue weighted by Crippen LogP contribution is -2.61. The number of nitrogens with two attached hydrogens (primary N) is 4. The van der Waals surface area contributed by atoms with Gasteiger partial charge >= 0.3 is 5.97 Å². The van der Waals surface area contributed by atoms with Gasteiger partial charge in [-0.15, -0.1) is 0 Å². The molecule has 0 radical (unpaired) electrons. The summed E-state index contributed by atoms with van der Waals surface area (Å²) in [6.07, 6.45) is 1.47. The van der Waals surface area contributed by atoms with Crippen molar-refractivity contribution < 1.29 is 72.5 Å². The highest BCUT2D eigenvalue weighted by molar-refractivity contribution is 8.77. The summed E-state index contributed by atoms with van der Waals surface area (Å²) in [5.74, 6) is -14.9. The van der Waals surface area contributed by atoms with E-state index in [2.05, 4.69) is 63.1 Å². The molecule has 12 amide bonds. The molecule has 36 heteroatoms. The van der Waals surface area contributed by atoms with Crippen LogP contribution in [0.2, 0.25) is 0 Å². The lowest BCUT2D eigenvalue weighted by molar-refractivity contribution is -0.146. The molecule has 2 aromatic rings. The number of aromatic nitrogens is 1. The molecule has 3 aliphatic rings. The maximum absolute atomic E-state index is 15.0. The van der Waals surface area contributed by atoms with Crippen LogP contribution in [0, 0.1) is 0 Å². The first-order valence-electron chi connectivity index (χ1n) is 27.7. The lowest BCUT2D eigenvalue weighted by Gasteiger charge is -2.30. The number of para-hydroxylation sites is 1. The third-order valence-corrected chi connectivity index (χ3v) is 18.6. The Hall–Kier alpha value is -7.54. The van der Waals surface area contributed by atoms with E-state index in [1.165, 1.54) is 0 Å². The van der Waals surface area contributed by atoms with Crippen LogP contribution in [0.4, 0.5) is 0 Å². The molecular weight excluding hydrogens is 1220 g/mol. The fraction of sp³-hybridized carbons (Fsp3) is 0.569. The molecule has 0 spiro atoms. The zero-order valence-electron chi connectivity index (χ0n) is 47.4. The van der Waals surface area contributed by atoms with Gasteiger partial charge in [0.1, 0.15) is 60.4 Å². The Kier molecular flexibility index (Phi) is 28.5. The van der Waals surface area contributed by atoms with E-state index >= 15 is 4.79 Å². The van der Waals surface area contributed by atoms with Crippen LogP contribution in [-0.4, -0.2) is 219 Å². The quantitative estimate of drug-likeness (QED) is 0.0342. The zero-order chi connectivity index (χ0) is 63.7. The van der Waals surface area contributed by atoms with Crippen molar-refractivity contribution in [2.45, 2.75) is 125 Å². The van der Waals surface area contributed by atoms with Gasteiger partial charge in [-0.25, -0.2) is 0 Å². The number of aliphatic carboxylic acids is 1. The molecule has 5 rings (SSSR count). The number of carbonyl (C=O) groups is 13. The van der Waals surface area contributed by atoms with Crippen LogP contribution in [0.3, 0.4) is 0 Å². The van der Waals surface area contributed by atoms with Crippen molar-refractivity contribution in [1.82, 2.24) is 63.1 Å². The number of carboxylic acid groups (broad SMARTS) is 1. The van der Waals surface area contributed by atoms with Gasteiger partial charge in [0.2, 0.25) is 70.9 Å². The molecule has 0 unspecified atom stereocenters. The van der Waals surface area contributed by atoms with Crippen molar-refractivity contribution in [3.8, 4) is 0 Å².